The summed E-state index contributed by atoms with van der Waals surface area (Å²) in [6.07, 6.45) is 2.74. The maximum Gasteiger partial charge on any atom is 0.126 e. The minimum absolute atomic E-state index is 0.191. The van der Waals surface area contributed by atoms with Crippen molar-refractivity contribution in [1.29, 1.82) is 0 Å². The van der Waals surface area contributed by atoms with Crippen molar-refractivity contribution in [3.05, 3.63) is 102 Å². The van der Waals surface area contributed by atoms with Crippen molar-refractivity contribution in [2.45, 2.75) is 26.9 Å². The lowest BCUT2D eigenvalue weighted by Gasteiger charge is -2.12. The number of aryl methyl sites for hydroxylation is 1. The second-order valence-corrected chi connectivity index (χ2v) is 7.14. The molecular formula is C26H24FNO. The molecule has 0 N–H and O–H groups in total. The molecule has 0 fully saturated rings. The highest BCUT2D eigenvalue weighted by Gasteiger charge is 2.16. The van der Waals surface area contributed by atoms with E-state index in [4.69, 9.17) is 4.74 Å². The predicted octanol–water partition coefficient (Wildman–Crippen LogP) is 6.86. The van der Waals surface area contributed by atoms with Crippen LogP contribution in [0.4, 0.5) is 4.39 Å². The van der Waals surface area contributed by atoms with Crippen LogP contribution in [0.15, 0.2) is 73.3 Å². The molecule has 1 heterocycles. The van der Waals surface area contributed by atoms with E-state index in [9.17, 15) is 4.39 Å². The first-order valence-corrected chi connectivity index (χ1v) is 9.85. The SMILES string of the molecule is C=Cc1c(CC)n(-c2ccc(F)c(C)c2)c2ccc(OCc3ccccc3)cc12. The van der Waals surface area contributed by atoms with E-state index in [0.29, 0.717) is 12.2 Å². The van der Waals surface area contributed by atoms with E-state index in [1.807, 2.05) is 42.5 Å². The summed E-state index contributed by atoms with van der Waals surface area (Å²) in [7, 11) is 0. The number of hydrogen-bond donors (Lipinski definition) is 0. The molecule has 0 spiro atoms. The second kappa shape index (κ2) is 7.96. The highest BCUT2D eigenvalue weighted by Crippen LogP contribution is 2.34. The zero-order chi connectivity index (χ0) is 20.4. The molecule has 3 aromatic carbocycles. The molecule has 0 unspecified atom stereocenters. The van der Waals surface area contributed by atoms with Crippen molar-refractivity contribution in [2.24, 2.45) is 0 Å². The Morgan fingerprint density at radius 1 is 1.03 bits per heavy atom. The molecule has 4 rings (SSSR count). The van der Waals surface area contributed by atoms with Crippen LogP contribution in [-0.2, 0) is 13.0 Å². The zero-order valence-electron chi connectivity index (χ0n) is 16.8. The maximum atomic E-state index is 13.8. The van der Waals surface area contributed by atoms with Gasteiger partial charge in [0.25, 0.3) is 0 Å². The summed E-state index contributed by atoms with van der Waals surface area (Å²) < 4.78 is 22.0. The van der Waals surface area contributed by atoms with Gasteiger partial charge in [-0.2, -0.15) is 0 Å². The molecule has 0 aliphatic carbocycles. The summed E-state index contributed by atoms with van der Waals surface area (Å²) in [4.78, 5) is 0. The highest BCUT2D eigenvalue weighted by molar-refractivity contribution is 5.93. The number of nitrogens with zero attached hydrogens (tertiary/aromatic N) is 1. The van der Waals surface area contributed by atoms with Gasteiger partial charge in [0, 0.05) is 22.3 Å². The van der Waals surface area contributed by atoms with Crippen molar-refractivity contribution >= 4 is 17.0 Å². The average molecular weight is 385 g/mol. The minimum atomic E-state index is -0.191. The van der Waals surface area contributed by atoms with Crippen molar-refractivity contribution in [1.82, 2.24) is 4.57 Å². The molecule has 4 aromatic rings. The molecule has 0 aliphatic heterocycles. The first-order chi connectivity index (χ1) is 14.1. The van der Waals surface area contributed by atoms with Gasteiger partial charge < -0.3 is 9.30 Å². The quantitative estimate of drug-likeness (QED) is 0.353. The Hall–Kier alpha value is -3.33. The summed E-state index contributed by atoms with van der Waals surface area (Å²) in [5.41, 5.74) is 6.03. The Labute approximate surface area is 170 Å². The Bertz CT molecular complexity index is 1170. The van der Waals surface area contributed by atoms with E-state index < -0.39 is 0 Å². The standard InChI is InChI=1S/C26H24FNO/c1-4-22-23-16-21(29-17-19-9-7-6-8-10-19)12-14-26(23)28(25(22)5-2)20-11-13-24(27)18(3)15-20/h4,6-16H,1,5,17H2,2-3H3. The lowest BCUT2D eigenvalue weighted by atomic mass is 10.1. The lowest BCUT2D eigenvalue weighted by molar-refractivity contribution is 0.306. The van der Waals surface area contributed by atoms with Crippen LogP contribution in [0.1, 0.15) is 29.3 Å². The Kier molecular flexibility index (Phi) is 5.22. The van der Waals surface area contributed by atoms with Gasteiger partial charge in [0.05, 0.1) is 5.52 Å². The topological polar surface area (TPSA) is 14.2 Å². The van der Waals surface area contributed by atoms with Crippen LogP contribution in [0, 0.1) is 12.7 Å². The van der Waals surface area contributed by atoms with E-state index >= 15 is 0 Å². The van der Waals surface area contributed by atoms with Crippen molar-refractivity contribution in [3.8, 4) is 11.4 Å². The van der Waals surface area contributed by atoms with E-state index in [-0.39, 0.29) is 5.82 Å². The molecule has 0 saturated carbocycles. The van der Waals surface area contributed by atoms with Gasteiger partial charge >= 0.3 is 0 Å². The van der Waals surface area contributed by atoms with Crippen LogP contribution in [0.2, 0.25) is 0 Å². The fourth-order valence-electron chi connectivity index (χ4n) is 3.82. The molecular weight excluding hydrogens is 361 g/mol. The Balaban J connectivity index is 1.80. The third kappa shape index (κ3) is 3.56. The van der Waals surface area contributed by atoms with Crippen molar-refractivity contribution in [2.75, 3.05) is 0 Å². The van der Waals surface area contributed by atoms with Gasteiger partial charge in [-0.3, -0.25) is 0 Å². The number of ether oxygens (including phenoxy) is 1. The van der Waals surface area contributed by atoms with Crippen LogP contribution in [0.3, 0.4) is 0 Å². The second-order valence-electron chi connectivity index (χ2n) is 7.14. The number of benzene rings is 3. The van der Waals surface area contributed by atoms with Crippen LogP contribution in [-0.4, -0.2) is 4.57 Å². The fourth-order valence-corrected chi connectivity index (χ4v) is 3.82. The summed E-state index contributed by atoms with van der Waals surface area (Å²) in [5.74, 6) is 0.628. The summed E-state index contributed by atoms with van der Waals surface area (Å²) in [6, 6.07) is 21.5. The zero-order valence-corrected chi connectivity index (χ0v) is 16.8. The monoisotopic (exact) mass is 385 g/mol. The van der Waals surface area contributed by atoms with Crippen molar-refractivity contribution < 1.29 is 9.13 Å². The molecule has 0 radical (unpaired) electrons. The smallest absolute Gasteiger partial charge is 0.126 e. The Morgan fingerprint density at radius 2 is 1.83 bits per heavy atom. The van der Waals surface area contributed by atoms with E-state index in [0.717, 1.165) is 45.6 Å². The van der Waals surface area contributed by atoms with E-state index in [1.54, 1.807) is 6.92 Å². The number of rotatable bonds is 6. The average Bonchev–Trinajstić information content (AvgIpc) is 3.07. The van der Waals surface area contributed by atoms with Gasteiger partial charge in [-0.15, -0.1) is 0 Å². The summed E-state index contributed by atoms with van der Waals surface area (Å²) >= 11 is 0. The molecule has 146 valence electrons. The molecule has 3 heteroatoms. The molecule has 0 aliphatic rings. The van der Waals surface area contributed by atoms with Gasteiger partial charge in [0.1, 0.15) is 18.2 Å². The third-order valence-electron chi connectivity index (χ3n) is 5.27. The van der Waals surface area contributed by atoms with Gasteiger partial charge in [-0.05, 0) is 60.9 Å². The first kappa shape index (κ1) is 19.0. The van der Waals surface area contributed by atoms with Crippen LogP contribution in [0.5, 0.6) is 5.75 Å². The van der Waals surface area contributed by atoms with Gasteiger partial charge in [0.15, 0.2) is 0 Å². The molecule has 1 aromatic heterocycles. The molecule has 0 saturated heterocycles. The van der Waals surface area contributed by atoms with Gasteiger partial charge in [0.2, 0.25) is 0 Å². The molecule has 0 atom stereocenters. The highest BCUT2D eigenvalue weighted by atomic mass is 19.1. The van der Waals surface area contributed by atoms with Crippen LogP contribution < -0.4 is 4.74 Å². The first-order valence-electron chi connectivity index (χ1n) is 9.85. The molecule has 0 amide bonds. The van der Waals surface area contributed by atoms with Crippen LogP contribution >= 0.6 is 0 Å². The van der Waals surface area contributed by atoms with Gasteiger partial charge in [-0.1, -0.05) is 49.9 Å². The lowest BCUT2D eigenvalue weighted by Crippen LogP contribution is -2.01. The Morgan fingerprint density at radius 3 is 2.52 bits per heavy atom. The van der Waals surface area contributed by atoms with E-state index in [2.05, 4.69) is 42.3 Å². The van der Waals surface area contributed by atoms with E-state index in [1.165, 1.54) is 6.07 Å². The molecule has 29 heavy (non-hydrogen) atoms. The number of fused-ring (bicyclic) bond motifs is 1. The maximum absolute atomic E-state index is 13.8. The molecule has 2 nitrogen and oxygen atoms in total. The third-order valence-corrected chi connectivity index (χ3v) is 5.27. The minimum Gasteiger partial charge on any atom is -0.489 e. The van der Waals surface area contributed by atoms with Crippen molar-refractivity contribution in [3.63, 3.8) is 0 Å². The van der Waals surface area contributed by atoms with Gasteiger partial charge in [-0.25, -0.2) is 4.39 Å². The summed E-state index contributed by atoms with van der Waals surface area (Å²) in [6.45, 7) is 8.48. The van der Waals surface area contributed by atoms with Crippen LogP contribution in [0.25, 0.3) is 22.7 Å². The number of hydrogen-bond acceptors (Lipinski definition) is 1. The normalized spacial score (nSPS) is 11.0. The number of aromatic nitrogens is 1. The molecule has 0 bridgehead atoms. The predicted molar refractivity (Wildman–Crippen MR) is 118 cm³/mol. The fraction of sp³-hybridized carbons (Fsp3) is 0.154. The number of halogens is 1. The largest absolute Gasteiger partial charge is 0.489 e. The summed E-state index contributed by atoms with van der Waals surface area (Å²) in [5, 5.41) is 1.09.